The summed E-state index contributed by atoms with van der Waals surface area (Å²) in [4.78, 5) is 19.2. The van der Waals surface area contributed by atoms with E-state index in [1.807, 2.05) is 12.3 Å². The monoisotopic (exact) mass is 463 g/mol. The third kappa shape index (κ3) is 4.92. The van der Waals surface area contributed by atoms with Crippen LogP contribution in [0.25, 0.3) is 0 Å². The van der Waals surface area contributed by atoms with Crippen LogP contribution in [0.3, 0.4) is 0 Å². The van der Waals surface area contributed by atoms with Crippen molar-refractivity contribution in [1.82, 2.24) is 9.29 Å². The molecule has 0 fully saturated rings. The summed E-state index contributed by atoms with van der Waals surface area (Å²) >= 11 is 1.46. The minimum atomic E-state index is -3.85. The third-order valence-electron chi connectivity index (χ3n) is 4.54. The number of aryl methyl sites for hydroxylation is 1. The molecule has 0 atom stereocenters. The number of sulfonamides is 1. The van der Waals surface area contributed by atoms with E-state index < -0.39 is 21.7 Å². The minimum absolute atomic E-state index is 0.116. The molecular formula is C21H22FN3O4S2. The van der Waals surface area contributed by atoms with Crippen molar-refractivity contribution < 1.29 is 22.3 Å². The fraction of sp³-hybridized carbons (Fsp3) is 0.238. The number of carbonyl (C=O) groups is 1. The molecule has 0 N–H and O–H groups in total. The van der Waals surface area contributed by atoms with Gasteiger partial charge in [0.1, 0.15) is 16.5 Å². The molecule has 0 unspecified atom stereocenters. The molecule has 7 nitrogen and oxygen atoms in total. The molecule has 0 aliphatic carbocycles. The van der Waals surface area contributed by atoms with Crippen LogP contribution in [-0.4, -0.2) is 44.8 Å². The third-order valence-corrected chi connectivity index (χ3v) is 7.20. The Hall–Kier alpha value is -2.82. The lowest BCUT2D eigenvalue weighted by molar-refractivity contribution is 0.0984. The number of anilines is 1. The Bertz CT molecular complexity index is 1190. The first-order chi connectivity index (χ1) is 14.6. The Morgan fingerprint density at radius 2 is 1.84 bits per heavy atom. The van der Waals surface area contributed by atoms with Crippen LogP contribution in [0.2, 0.25) is 0 Å². The highest BCUT2D eigenvalue weighted by atomic mass is 32.2. The van der Waals surface area contributed by atoms with E-state index in [0.717, 1.165) is 9.31 Å². The SMILES string of the molecule is COc1ccc(C(=O)N(Cc2csc(C)n2)c2ccc(F)cc2)cc1S(=O)(=O)N(C)C. The molecule has 10 heteroatoms. The van der Waals surface area contributed by atoms with Gasteiger partial charge in [0.15, 0.2) is 0 Å². The molecule has 0 radical (unpaired) electrons. The highest BCUT2D eigenvalue weighted by Crippen LogP contribution is 2.29. The van der Waals surface area contributed by atoms with Gasteiger partial charge in [0.05, 0.1) is 24.4 Å². The standard InChI is InChI=1S/C21H22FN3O4S2/c1-14-23-17(13-30-14)12-25(18-8-6-16(22)7-9-18)21(26)15-5-10-19(29-4)20(11-15)31(27,28)24(2)3/h5-11,13H,12H2,1-4H3. The molecule has 1 aromatic heterocycles. The van der Waals surface area contributed by atoms with E-state index in [1.165, 1.54) is 79.9 Å². The lowest BCUT2D eigenvalue weighted by atomic mass is 10.1. The van der Waals surface area contributed by atoms with E-state index >= 15 is 0 Å². The maximum Gasteiger partial charge on any atom is 0.258 e. The number of benzene rings is 2. The summed E-state index contributed by atoms with van der Waals surface area (Å²) in [6, 6.07) is 9.74. The van der Waals surface area contributed by atoms with Crippen LogP contribution in [0.15, 0.2) is 52.7 Å². The quantitative estimate of drug-likeness (QED) is 0.534. The fourth-order valence-electron chi connectivity index (χ4n) is 2.91. The summed E-state index contributed by atoms with van der Waals surface area (Å²) in [6.07, 6.45) is 0. The summed E-state index contributed by atoms with van der Waals surface area (Å²) in [6.45, 7) is 2.01. The normalized spacial score (nSPS) is 11.5. The number of hydrogen-bond donors (Lipinski definition) is 0. The lowest BCUT2D eigenvalue weighted by Crippen LogP contribution is -2.31. The average Bonchev–Trinajstić information content (AvgIpc) is 3.16. The van der Waals surface area contributed by atoms with Crippen molar-refractivity contribution in [2.24, 2.45) is 0 Å². The van der Waals surface area contributed by atoms with Crippen molar-refractivity contribution in [2.45, 2.75) is 18.4 Å². The van der Waals surface area contributed by atoms with Crippen molar-refractivity contribution in [1.29, 1.82) is 0 Å². The highest BCUT2D eigenvalue weighted by Gasteiger charge is 2.26. The largest absolute Gasteiger partial charge is 0.495 e. The maximum atomic E-state index is 13.4. The van der Waals surface area contributed by atoms with E-state index in [0.29, 0.717) is 11.4 Å². The summed E-state index contributed by atoms with van der Waals surface area (Å²) in [5.74, 6) is -0.742. The topological polar surface area (TPSA) is 79.8 Å². The van der Waals surface area contributed by atoms with Gasteiger partial charge in [-0.15, -0.1) is 11.3 Å². The Morgan fingerprint density at radius 1 is 1.16 bits per heavy atom. The smallest absolute Gasteiger partial charge is 0.258 e. The number of ether oxygens (including phenoxy) is 1. The Kier molecular flexibility index (Phi) is 6.73. The zero-order chi connectivity index (χ0) is 22.8. The molecule has 0 saturated carbocycles. The summed E-state index contributed by atoms with van der Waals surface area (Å²) in [7, 11) is 0.315. The molecule has 3 aromatic rings. The Balaban J connectivity index is 2.07. The molecular weight excluding hydrogens is 441 g/mol. The number of nitrogens with zero attached hydrogens (tertiary/aromatic N) is 3. The molecule has 1 heterocycles. The van der Waals surface area contributed by atoms with Crippen LogP contribution in [0, 0.1) is 12.7 Å². The van der Waals surface area contributed by atoms with E-state index in [2.05, 4.69) is 4.98 Å². The molecule has 0 aliphatic rings. The summed E-state index contributed by atoms with van der Waals surface area (Å²) in [5, 5.41) is 2.69. The van der Waals surface area contributed by atoms with E-state index in [4.69, 9.17) is 4.74 Å². The molecule has 0 saturated heterocycles. The van der Waals surface area contributed by atoms with Gasteiger partial charge in [0, 0.05) is 30.7 Å². The summed E-state index contributed by atoms with van der Waals surface area (Å²) in [5.41, 5.74) is 1.29. The number of methoxy groups -OCH3 is 1. The van der Waals surface area contributed by atoms with Gasteiger partial charge in [-0.05, 0) is 49.4 Å². The average molecular weight is 464 g/mol. The van der Waals surface area contributed by atoms with E-state index in [9.17, 15) is 17.6 Å². The molecule has 2 aromatic carbocycles. The number of rotatable bonds is 7. The van der Waals surface area contributed by atoms with Crippen molar-refractivity contribution in [3.8, 4) is 5.75 Å². The van der Waals surface area contributed by atoms with Gasteiger partial charge in [-0.3, -0.25) is 4.79 Å². The van der Waals surface area contributed by atoms with Gasteiger partial charge in [0.25, 0.3) is 5.91 Å². The molecule has 0 aliphatic heterocycles. The second kappa shape index (κ2) is 9.13. The second-order valence-electron chi connectivity index (χ2n) is 6.88. The predicted molar refractivity (Wildman–Crippen MR) is 118 cm³/mol. The van der Waals surface area contributed by atoms with Gasteiger partial charge >= 0.3 is 0 Å². The van der Waals surface area contributed by atoms with Crippen LogP contribution < -0.4 is 9.64 Å². The van der Waals surface area contributed by atoms with Gasteiger partial charge in [-0.2, -0.15) is 0 Å². The van der Waals surface area contributed by atoms with Crippen molar-refractivity contribution in [2.75, 3.05) is 26.1 Å². The zero-order valence-electron chi connectivity index (χ0n) is 17.5. The van der Waals surface area contributed by atoms with Crippen molar-refractivity contribution in [3.05, 3.63) is 69.9 Å². The fourth-order valence-corrected chi connectivity index (χ4v) is 4.59. The molecule has 164 valence electrons. The van der Waals surface area contributed by atoms with E-state index in [1.54, 1.807) is 0 Å². The first kappa shape index (κ1) is 22.9. The molecule has 0 bridgehead atoms. The number of amides is 1. The molecule has 1 amide bonds. The highest BCUT2D eigenvalue weighted by molar-refractivity contribution is 7.89. The van der Waals surface area contributed by atoms with E-state index in [-0.39, 0.29) is 22.8 Å². The number of aromatic nitrogens is 1. The van der Waals surface area contributed by atoms with Crippen LogP contribution in [0.5, 0.6) is 5.75 Å². The number of hydrogen-bond acceptors (Lipinski definition) is 6. The van der Waals surface area contributed by atoms with Crippen molar-refractivity contribution in [3.63, 3.8) is 0 Å². The van der Waals surface area contributed by atoms with Gasteiger partial charge in [0.2, 0.25) is 10.0 Å². The van der Waals surface area contributed by atoms with Gasteiger partial charge < -0.3 is 9.64 Å². The van der Waals surface area contributed by atoms with Crippen molar-refractivity contribution >= 4 is 33.0 Å². The van der Waals surface area contributed by atoms with Gasteiger partial charge in [-0.1, -0.05) is 0 Å². The number of carbonyl (C=O) groups excluding carboxylic acids is 1. The molecule has 0 spiro atoms. The predicted octanol–water partition coefficient (Wildman–Crippen LogP) is 3.70. The minimum Gasteiger partial charge on any atom is -0.495 e. The van der Waals surface area contributed by atoms with Crippen LogP contribution >= 0.6 is 11.3 Å². The van der Waals surface area contributed by atoms with Crippen LogP contribution in [0.4, 0.5) is 10.1 Å². The number of halogens is 1. The molecule has 3 rings (SSSR count). The maximum absolute atomic E-state index is 13.4. The lowest BCUT2D eigenvalue weighted by Gasteiger charge is -2.23. The van der Waals surface area contributed by atoms with Gasteiger partial charge in [-0.25, -0.2) is 22.1 Å². The Morgan fingerprint density at radius 3 is 2.39 bits per heavy atom. The van der Waals surface area contributed by atoms with Crippen LogP contribution in [0.1, 0.15) is 21.1 Å². The first-order valence-corrected chi connectivity index (χ1v) is 11.5. The summed E-state index contributed by atoms with van der Waals surface area (Å²) < 4.78 is 45.1. The zero-order valence-corrected chi connectivity index (χ0v) is 19.1. The Labute approximate surface area is 184 Å². The number of thiazole rings is 1. The first-order valence-electron chi connectivity index (χ1n) is 9.22. The van der Waals surface area contributed by atoms with Crippen LogP contribution in [-0.2, 0) is 16.6 Å². The second-order valence-corrected chi connectivity index (χ2v) is 10.1. The molecule has 31 heavy (non-hydrogen) atoms.